The Hall–Kier alpha value is -1.34. The van der Waals surface area contributed by atoms with Gasteiger partial charge in [-0.15, -0.1) is 0 Å². The average Bonchev–Trinajstić information content (AvgIpc) is 2.11. The van der Waals surface area contributed by atoms with Crippen LogP contribution < -0.4 is 5.56 Å². The highest BCUT2D eigenvalue weighted by molar-refractivity contribution is 7.85. The average molecular weight is 248 g/mol. The maximum absolute atomic E-state index is 11.4. The summed E-state index contributed by atoms with van der Waals surface area (Å²) in [5.41, 5.74) is 0.100. The van der Waals surface area contributed by atoms with Crippen LogP contribution in [0.3, 0.4) is 0 Å². The van der Waals surface area contributed by atoms with Crippen LogP contribution in [0, 0.1) is 6.92 Å². The highest BCUT2D eigenvalue weighted by Gasteiger charge is 2.19. The van der Waals surface area contributed by atoms with E-state index >= 15 is 0 Å². The highest BCUT2D eigenvalue weighted by Crippen LogP contribution is 2.20. The lowest BCUT2D eigenvalue weighted by Crippen LogP contribution is -2.21. The first-order valence-corrected chi connectivity index (χ1v) is 6.31. The molecule has 0 amide bonds. The smallest absolute Gasteiger partial charge is 0.382 e. The molecule has 0 unspecified atom stereocenters. The van der Waals surface area contributed by atoms with Crippen LogP contribution in [-0.2, 0) is 22.4 Å². The summed E-state index contributed by atoms with van der Waals surface area (Å²) in [6.45, 7) is 3.44. The molecule has 1 aromatic heterocycles. The van der Waals surface area contributed by atoms with Crippen LogP contribution in [0.1, 0.15) is 18.1 Å². The van der Waals surface area contributed by atoms with E-state index in [4.69, 9.17) is 4.55 Å². The number of aromatic hydroxyl groups is 1. The number of hydrogen-bond acceptors (Lipinski definition) is 4. The third-order valence-corrected chi connectivity index (χ3v) is 2.93. The monoisotopic (exact) mass is 248 g/mol. The van der Waals surface area contributed by atoms with Gasteiger partial charge >= 0.3 is 10.1 Å². The number of hydrogen-bond donors (Lipinski definition) is 1. The van der Waals surface area contributed by atoms with Crippen LogP contribution in [0.5, 0.6) is 5.88 Å². The number of nitrogens with zero attached hydrogens (tertiary/aromatic N) is 1. The van der Waals surface area contributed by atoms with Gasteiger partial charge in [-0.05, 0) is 19.4 Å². The van der Waals surface area contributed by atoms with Crippen molar-refractivity contribution in [2.45, 2.75) is 26.1 Å². The van der Waals surface area contributed by atoms with E-state index in [0.717, 1.165) is 4.57 Å². The maximum Gasteiger partial charge on any atom is 0.382 e. The van der Waals surface area contributed by atoms with Gasteiger partial charge in [-0.1, -0.05) is 0 Å². The maximum atomic E-state index is 11.4. The van der Waals surface area contributed by atoms with Crippen LogP contribution in [-0.4, -0.2) is 22.6 Å². The molecule has 0 bridgehead atoms. The van der Waals surface area contributed by atoms with Gasteiger partial charge in [-0.2, -0.15) is 8.42 Å². The van der Waals surface area contributed by atoms with Gasteiger partial charge in [-0.3, -0.25) is 9.36 Å². The van der Waals surface area contributed by atoms with Gasteiger partial charge < -0.3 is 9.66 Å². The summed E-state index contributed by atoms with van der Waals surface area (Å²) in [5.74, 6) is -0.964. The Labute approximate surface area is 92.9 Å². The van der Waals surface area contributed by atoms with Crippen molar-refractivity contribution in [3.05, 3.63) is 27.5 Å². The zero-order valence-corrected chi connectivity index (χ0v) is 9.84. The summed E-state index contributed by atoms with van der Waals surface area (Å²) in [6, 6.07) is 1.25. The Morgan fingerprint density at radius 1 is 1.50 bits per heavy atom. The van der Waals surface area contributed by atoms with Crippen molar-refractivity contribution in [2.24, 2.45) is 0 Å². The Morgan fingerprint density at radius 3 is 2.50 bits per heavy atom. The molecule has 3 N–H and O–H groups in total. The second-order valence-electron chi connectivity index (χ2n) is 3.47. The minimum Gasteiger partial charge on any atom is -0.494 e. The molecular weight excluding hydrogens is 234 g/mol. The van der Waals surface area contributed by atoms with Crippen molar-refractivity contribution in [1.82, 2.24) is 4.57 Å². The quantitative estimate of drug-likeness (QED) is 0.724. The summed E-state index contributed by atoms with van der Waals surface area (Å²) in [6.07, 6.45) is 0. The Kier molecular flexibility index (Phi) is 3.39. The van der Waals surface area contributed by atoms with Gasteiger partial charge in [0.1, 0.15) is 0 Å². The fourth-order valence-electron chi connectivity index (χ4n) is 1.47. The van der Waals surface area contributed by atoms with Crippen molar-refractivity contribution in [1.29, 1.82) is 0 Å². The van der Waals surface area contributed by atoms with E-state index in [-0.39, 0.29) is 23.5 Å². The molecule has 0 spiro atoms. The van der Waals surface area contributed by atoms with Gasteiger partial charge in [0.15, 0.2) is 11.6 Å². The molecule has 7 heteroatoms. The third kappa shape index (κ3) is 2.61. The molecule has 0 aliphatic carbocycles. The first-order chi connectivity index (χ1) is 7.26. The van der Waals surface area contributed by atoms with Crippen LogP contribution in [0.4, 0.5) is 0 Å². The number of aromatic nitrogens is 1. The summed E-state index contributed by atoms with van der Waals surface area (Å²) < 4.78 is 29.6. The zero-order valence-electron chi connectivity index (χ0n) is 9.02. The highest BCUT2D eigenvalue weighted by atomic mass is 32.2. The van der Waals surface area contributed by atoms with Crippen LogP contribution in [0.25, 0.3) is 0 Å². The van der Waals surface area contributed by atoms with Crippen LogP contribution in [0.2, 0.25) is 0 Å². The van der Waals surface area contributed by atoms with E-state index in [1.165, 1.54) is 13.0 Å². The van der Waals surface area contributed by atoms with Crippen molar-refractivity contribution >= 4 is 10.1 Å². The van der Waals surface area contributed by atoms with E-state index < -0.39 is 15.9 Å². The predicted molar refractivity (Wildman–Crippen MR) is 59.0 cm³/mol. The summed E-state index contributed by atoms with van der Waals surface area (Å²) in [4.78, 5) is 11.4. The van der Waals surface area contributed by atoms with E-state index in [1.807, 2.05) is 0 Å². The van der Waals surface area contributed by atoms with Gasteiger partial charge in [0, 0.05) is 18.2 Å². The van der Waals surface area contributed by atoms with E-state index in [9.17, 15) is 18.3 Å². The lowest BCUT2D eigenvalue weighted by molar-refractivity contribution is 0.403. The predicted octanol–water partition coefficient (Wildman–Crippen LogP) is -0.563. The molecule has 0 fully saturated rings. The molecule has 16 heavy (non-hydrogen) atoms. The first-order valence-electron chi connectivity index (χ1n) is 4.66. The fourth-order valence-corrected chi connectivity index (χ4v) is 2.20. The molecule has 1 aromatic rings. The first kappa shape index (κ1) is 12.7. The molecule has 1 heterocycles. The van der Waals surface area contributed by atoms with Crippen molar-refractivity contribution in [3.63, 3.8) is 0 Å². The standard InChI is InChI=1S/C9H13NO5S/c1-3-10-8(11)4-6(2)7(9(10)12)5-16(13,14)15/h4,12H,3,5H2,1-2H3,(H,13,14,15)/p+1. The van der Waals surface area contributed by atoms with Gasteiger partial charge in [0.05, 0.1) is 0 Å². The molecule has 0 aliphatic rings. The van der Waals surface area contributed by atoms with Gasteiger partial charge in [-0.25, -0.2) is 0 Å². The van der Waals surface area contributed by atoms with E-state index in [1.54, 1.807) is 6.92 Å². The van der Waals surface area contributed by atoms with Crippen LogP contribution >= 0.6 is 0 Å². The van der Waals surface area contributed by atoms with Crippen molar-refractivity contribution in [2.75, 3.05) is 0 Å². The normalized spacial score (nSPS) is 11.7. The minimum absolute atomic E-state index is 0.108. The summed E-state index contributed by atoms with van der Waals surface area (Å²) in [5, 5.41) is 9.73. The van der Waals surface area contributed by atoms with Gasteiger partial charge in [0.25, 0.3) is 5.56 Å². The molecule has 0 saturated carbocycles. The number of aryl methyl sites for hydroxylation is 1. The van der Waals surface area contributed by atoms with Crippen molar-refractivity contribution in [3.8, 4) is 5.88 Å². The summed E-state index contributed by atoms with van der Waals surface area (Å²) in [7, 11) is -3.99. The molecule has 1 rings (SSSR count). The lowest BCUT2D eigenvalue weighted by Gasteiger charge is -2.11. The number of rotatable bonds is 3. The Morgan fingerprint density at radius 2 is 2.06 bits per heavy atom. The number of pyridine rings is 1. The lowest BCUT2D eigenvalue weighted by atomic mass is 10.2. The molecule has 0 atom stereocenters. The minimum atomic E-state index is -3.99. The second-order valence-corrected chi connectivity index (χ2v) is 4.99. The molecular formula is C9H14NO5S+. The largest absolute Gasteiger partial charge is 0.494 e. The molecule has 6 nitrogen and oxygen atoms in total. The second kappa shape index (κ2) is 4.26. The van der Waals surface area contributed by atoms with E-state index in [2.05, 4.69) is 0 Å². The molecule has 0 aliphatic heterocycles. The molecule has 90 valence electrons. The third-order valence-electron chi connectivity index (χ3n) is 2.26. The SMILES string of the molecule is CCn1c(O)c(CS(=O)(=O)[OH2+])c(C)cc1=O. The molecule has 0 radical (unpaired) electrons. The molecule has 0 aromatic carbocycles. The Bertz CT molecular complexity index is 558. The van der Waals surface area contributed by atoms with E-state index in [0.29, 0.717) is 5.56 Å². The van der Waals surface area contributed by atoms with Crippen molar-refractivity contribution < 1.29 is 18.1 Å². The molecule has 0 saturated heterocycles. The topological polar surface area (TPSA) is 99.3 Å². The van der Waals surface area contributed by atoms with Gasteiger partial charge in [0.2, 0.25) is 0 Å². The van der Waals surface area contributed by atoms with Crippen LogP contribution in [0.15, 0.2) is 10.9 Å². The summed E-state index contributed by atoms with van der Waals surface area (Å²) >= 11 is 0. The Balaban J connectivity index is 3.46. The zero-order chi connectivity index (χ0) is 12.5. The fraction of sp³-hybridized carbons (Fsp3) is 0.444.